The molecule has 0 amide bonds. The lowest BCUT2D eigenvalue weighted by atomic mass is 9.59. The van der Waals surface area contributed by atoms with Gasteiger partial charge in [-0.05, 0) is 31.4 Å². The van der Waals surface area contributed by atoms with Crippen LogP contribution >= 0.6 is 0 Å². The van der Waals surface area contributed by atoms with Crippen molar-refractivity contribution in [2.24, 2.45) is 11.3 Å². The van der Waals surface area contributed by atoms with Crippen molar-refractivity contribution in [3.8, 4) is 0 Å². The Bertz CT molecular complexity index is 469. The van der Waals surface area contributed by atoms with E-state index in [-0.39, 0.29) is 18.1 Å². The molecule has 0 aromatic rings. The Morgan fingerprint density at radius 3 is 2.47 bits per heavy atom. The van der Waals surface area contributed by atoms with Crippen molar-refractivity contribution in [1.82, 2.24) is 0 Å². The van der Waals surface area contributed by atoms with Gasteiger partial charge in [-0.1, -0.05) is 19.9 Å². The Kier molecular flexibility index (Phi) is 3.24. The quantitative estimate of drug-likeness (QED) is 0.660. The smallest absolute Gasteiger partial charge is 0.184 e. The summed E-state index contributed by atoms with van der Waals surface area (Å²) < 4.78 is 0. The fraction of sp³-hybridized carbons (Fsp3) is 0.667. The normalized spacial score (nSPS) is 39.5. The van der Waals surface area contributed by atoms with Crippen LogP contribution in [0.2, 0.25) is 0 Å². The molecule has 0 aliphatic heterocycles. The third-order valence-electron chi connectivity index (χ3n) is 4.62. The first-order valence-electron chi connectivity index (χ1n) is 6.65. The first-order chi connectivity index (χ1) is 8.57. The van der Waals surface area contributed by atoms with Gasteiger partial charge in [0.25, 0.3) is 0 Å². The Morgan fingerprint density at radius 1 is 1.37 bits per heavy atom. The molecule has 0 radical (unpaired) electrons. The van der Waals surface area contributed by atoms with E-state index in [1.54, 1.807) is 19.9 Å². The van der Waals surface area contributed by atoms with Gasteiger partial charge in [0.2, 0.25) is 0 Å². The van der Waals surface area contributed by atoms with E-state index >= 15 is 0 Å². The summed E-state index contributed by atoms with van der Waals surface area (Å²) in [6.45, 7) is 6.94. The van der Waals surface area contributed by atoms with E-state index in [0.717, 1.165) is 0 Å². The van der Waals surface area contributed by atoms with Gasteiger partial charge >= 0.3 is 0 Å². The number of ketones is 1. The van der Waals surface area contributed by atoms with Crippen LogP contribution in [0.4, 0.5) is 0 Å². The molecule has 2 rings (SSSR count). The van der Waals surface area contributed by atoms with E-state index in [1.807, 2.05) is 13.8 Å². The highest BCUT2D eigenvalue weighted by Gasteiger charge is 2.48. The van der Waals surface area contributed by atoms with Gasteiger partial charge in [0, 0.05) is 17.4 Å². The molecule has 106 valence electrons. The van der Waals surface area contributed by atoms with Crippen LogP contribution in [0.25, 0.3) is 0 Å². The molecule has 0 aromatic carbocycles. The second-order valence-electron chi connectivity index (χ2n) is 6.47. The predicted molar refractivity (Wildman–Crippen MR) is 71.4 cm³/mol. The monoisotopic (exact) mass is 266 g/mol. The lowest BCUT2D eigenvalue weighted by molar-refractivity contribution is -0.114. The number of rotatable bonds is 1. The van der Waals surface area contributed by atoms with Crippen LogP contribution in [0.1, 0.15) is 34.1 Å². The number of carbonyl (C=O) groups excluding carboxylic acids is 1. The average Bonchev–Trinajstić information content (AvgIpc) is 2.27. The van der Waals surface area contributed by atoms with Crippen LogP contribution in [0.3, 0.4) is 0 Å². The van der Waals surface area contributed by atoms with Crippen LogP contribution in [-0.2, 0) is 4.79 Å². The van der Waals surface area contributed by atoms with Crippen molar-refractivity contribution in [3.63, 3.8) is 0 Å². The van der Waals surface area contributed by atoms with Gasteiger partial charge in [-0.15, -0.1) is 0 Å². The van der Waals surface area contributed by atoms with Crippen LogP contribution in [-0.4, -0.2) is 38.9 Å². The number of fused-ring (bicyclic) bond motifs is 1. The van der Waals surface area contributed by atoms with E-state index in [0.29, 0.717) is 11.1 Å². The second kappa shape index (κ2) is 4.27. The third kappa shape index (κ3) is 2.18. The Balaban J connectivity index is 2.55. The Hall–Kier alpha value is -0.970. The minimum atomic E-state index is -1.23. The minimum absolute atomic E-state index is 0.118. The standard InChI is InChI=1S/C15H22O4/c1-8-11(16)6-13(18)9-5-12(17)10(14(2,3)19)7-15(8,9)4/h5,7-8,11,13,16,18-19H,6H2,1-4H3/t8-,11-,13+,15+/m0/s1. The minimum Gasteiger partial charge on any atom is -0.393 e. The molecular formula is C15H22O4. The summed E-state index contributed by atoms with van der Waals surface area (Å²) in [5.74, 6) is -0.379. The summed E-state index contributed by atoms with van der Waals surface area (Å²) in [4.78, 5) is 12.1. The number of aliphatic hydroxyl groups excluding tert-OH is 2. The highest BCUT2D eigenvalue weighted by Crippen LogP contribution is 2.49. The molecule has 1 fully saturated rings. The first kappa shape index (κ1) is 14.4. The van der Waals surface area contributed by atoms with Gasteiger partial charge in [-0.2, -0.15) is 0 Å². The molecule has 0 spiro atoms. The van der Waals surface area contributed by atoms with E-state index < -0.39 is 23.2 Å². The third-order valence-corrected chi connectivity index (χ3v) is 4.62. The molecule has 4 atom stereocenters. The SMILES string of the molecule is C[C@H]1[C@@H](O)C[C@@H](O)C2=CC(=O)C(C(C)(C)O)=C[C@@]21C. The topological polar surface area (TPSA) is 77.8 Å². The Labute approximate surface area is 113 Å². The van der Waals surface area contributed by atoms with Crippen LogP contribution in [0.5, 0.6) is 0 Å². The molecule has 0 unspecified atom stereocenters. The zero-order valence-electron chi connectivity index (χ0n) is 11.8. The average molecular weight is 266 g/mol. The van der Waals surface area contributed by atoms with Crippen molar-refractivity contribution in [2.75, 3.05) is 0 Å². The van der Waals surface area contributed by atoms with Crippen LogP contribution in [0.15, 0.2) is 23.3 Å². The molecule has 0 heterocycles. The van der Waals surface area contributed by atoms with Crippen LogP contribution < -0.4 is 0 Å². The molecule has 0 bridgehead atoms. The van der Waals surface area contributed by atoms with Crippen molar-refractivity contribution in [2.45, 2.75) is 51.9 Å². The maximum atomic E-state index is 12.1. The lowest BCUT2D eigenvalue weighted by Gasteiger charge is -2.47. The van der Waals surface area contributed by atoms with Crippen molar-refractivity contribution in [3.05, 3.63) is 23.3 Å². The molecule has 4 nitrogen and oxygen atoms in total. The summed E-state index contributed by atoms with van der Waals surface area (Å²) in [5.41, 5.74) is -0.856. The summed E-state index contributed by atoms with van der Waals surface area (Å²) in [6.07, 6.45) is 1.98. The number of allylic oxidation sites excluding steroid dienone is 2. The van der Waals surface area contributed by atoms with E-state index in [9.17, 15) is 20.1 Å². The van der Waals surface area contributed by atoms with Gasteiger partial charge in [0.05, 0.1) is 17.8 Å². The largest absolute Gasteiger partial charge is 0.393 e. The fourth-order valence-corrected chi connectivity index (χ4v) is 3.12. The van der Waals surface area contributed by atoms with Gasteiger partial charge in [-0.3, -0.25) is 4.79 Å². The molecule has 1 saturated carbocycles. The summed E-state index contributed by atoms with van der Waals surface area (Å²) in [5, 5.41) is 30.2. The number of carbonyl (C=O) groups is 1. The maximum Gasteiger partial charge on any atom is 0.184 e. The first-order valence-corrected chi connectivity index (χ1v) is 6.65. The predicted octanol–water partition coefficient (Wildman–Crippen LogP) is 0.961. The molecule has 0 aromatic heterocycles. The molecule has 0 saturated heterocycles. The van der Waals surface area contributed by atoms with E-state index in [4.69, 9.17) is 0 Å². The zero-order valence-corrected chi connectivity index (χ0v) is 11.8. The van der Waals surface area contributed by atoms with Crippen LogP contribution in [0, 0.1) is 11.3 Å². The number of hydrogen-bond acceptors (Lipinski definition) is 4. The van der Waals surface area contributed by atoms with Crippen molar-refractivity contribution >= 4 is 5.78 Å². The molecular weight excluding hydrogens is 244 g/mol. The van der Waals surface area contributed by atoms with Gasteiger partial charge in [0.1, 0.15) is 0 Å². The van der Waals surface area contributed by atoms with Crippen molar-refractivity contribution in [1.29, 1.82) is 0 Å². The molecule has 19 heavy (non-hydrogen) atoms. The lowest BCUT2D eigenvalue weighted by Crippen LogP contribution is -2.48. The maximum absolute atomic E-state index is 12.1. The fourth-order valence-electron chi connectivity index (χ4n) is 3.12. The molecule has 3 N–H and O–H groups in total. The second-order valence-corrected chi connectivity index (χ2v) is 6.47. The number of hydrogen-bond donors (Lipinski definition) is 3. The molecule has 2 aliphatic rings. The molecule has 2 aliphatic carbocycles. The summed E-state index contributed by atoms with van der Waals surface area (Å²) in [6, 6.07) is 0. The van der Waals surface area contributed by atoms with E-state index in [1.165, 1.54) is 6.08 Å². The van der Waals surface area contributed by atoms with Gasteiger partial charge in [-0.25, -0.2) is 0 Å². The highest BCUT2D eigenvalue weighted by molar-refractivity contribution is 6.07. The number of aliphatic hydroxyl groups is 3. The van der Waals surface area contributed by atoms with Gasteiger partial charge < -0.3 is 15.3 Å². The highest BCUT2D eigenvalue weighted by atomic mass is 16.3. The van der Waals surface area contributed by atoms with E-state index in [2.05, 4.69) is 0 Å². The van der Waals surface area contributed by atoms with Crippen molar-refractivity contribution < 1.29 is 20.1 Å². The van der Waals surface area contributed by atoms with Gasteiger partial charge in [0.15, 0.2) is 5.78 Å². The summed E-state index contributed by atoms with van der Waals surface area (Å²) in [7, 11) is 0. The zero-order chi connectivity index (χ0) is 14.6. The summed E-state index contributed by atoms with van der Waals surface area (Å²) >= 11 is 0. The Morgan fingerprint density at radius 2 is 1.95 bits per heavy atom. The molecule has 4 heteroatoms.